The molecule has 0 spiro atoms. The van der Waals surface area contributed by atoms with Crippen LogP contribution in [0, 0.1) is 0 Å². The van der Waals surface area contributed by atoms with Crippen molar-refractivity contribution >= 4 is 23.2 Å². The molecule has 1 aromatic carbocycles. The lowest BCUT2D eigenvalue weighted by Gasteiger charge is -2.36. The van der Waals surface area contributed by atoms with Gasteiger partial charge in [-0.25, -0.2) is 4.98 Å². The highest BCUT2D eigenvalue weighted by Crippen LogP contribution is 2.32. The number of amides is 1. The number of carbonyl (C=O) groups is 1. The number of hydrogen-bond donors (Lipinski definition) is 1. The molecule has 0 radical (unpaired) electrons. The van der Waals surface area contributed by atoms with Crippen molar-refractivity contribution in [2.45, 2.75) is 25.2 Å². The van der Waals surface area contributed by atoms with Gasteiger partial charge in [0.2, 0.25) is 5.91 Å². The van der Waals surface area contributed by atoms with Crippen LogP contribution in [0.25, 0.3) is 5.82 Å². The minimum Gasteiger partial charge on any atom is -0.368 e. The van der Waals surface area contributed by atoms with Crippen LogP contribution in [0.3, 0.4) is 0 Å². The van der Waals surface area contributed by atoms with Gasteiger partial charge in [0.1, 0.15) is 11.1 Å². The van der Waals surface area contributed by atoms with Crippen molar-refractivity contribution in [3.63, 3.8) is 0 Å². The summed E-state index contributed by atoms with van der Waals surface area (Å²) in [5.41, 5.74) is 5.96. The molecule has 0 saturated carbocycles. The number of carbonyl (C=O) groups excluding carboxylic acids is 1. The lowest BCUT2D eigenvalue weighted by molar-refractivity contribution is -0.137. The molecule has 0 bridgehead atoms. The first kappa shape index (κ1) is 20.9. The van der Waals surface area contributed by atoms with Crippen molar-refractivity contribution in [2.75, 3.05) is 4.90 Å². The van der Waals surface area contributed by atoms with Gasteiger partial charge in [-0.3, -0.25) is 9.59 Å². The number of hydrogen-bond acceptors (Lipinski definition) is 5. The SMILES string of the molecule is NC(=O)[C@@H]1Cc2ccccc2CN1c1cnn(-c2ccc(C(F)(F)F)cn2)c(=O)c1Cl. The number of fused-ring (bicyclic) bond motifs is 1. The molecule has 2 aromatic heterocycles. The minimum atomic E-state index is -4.56. The Morgan fingerprint density at radius 1 is 1.13 bits per heavy atom. The molecule has 160 valence electrons. The van der Waals surface area contributed by atoms with Crippen molar-refractivity contribution in [1.29, 1.82) is 0 Å². The fourth-order valence-corrected chi connectivity index (χ4v) is 3.73. The summed E-state index contributed by atoms with van der Waals surface area (Å²) in [5, 5.41) is 3.76. The van der Waals surface area contributed by atoms with E-state index in [1.165, 1.54) is 6.20 Å². The van der Waals surface area contributed by atoms with E-state index in [4.69, 9.17) is 17.3 Å². The van der Waals surface area contributed by atoms with E-state index < -0.39 is 29.2 Å². The number of primary amides is 1. The first-order valence-electron chi connectivity index (χ1n) is 9.11. The van der Waals surface area contributed by atoms with Crippen molar-refractivity contribution in [3.8, 4) is 5.82 Å². The standard InChI is InChI=1S/C20H15ClF3N5O2/c21-17-15(28-10-12-4-2-1-3-11(12)7-14(28)18(25)30)9-27-29(19(17)31)16-6-5-13(8-26-16)20(22,23)24/h1-6,8-9,14H,7,10H2,(H2,25,30)/t14-/m0/s1. The highest BCUT2D eigenvalue weighted by Gasteiger charge is 2.33. The average Bonchev–Trinajstić information content (AvgIpc) is 2.74. The quantitative estimate of drug-likeness (QED) is 0.663. The van der Waals surface area contributed by atoms with Crippen LogP contribution in [-0.4, -0.2) is 26.7 Å². The van der Waals surface area contributed by atoms with E-state index in [0.29, 0.717) is 12.6 Å². The fraction of sp³-hybridized carbons (Fsp3) is 0.200. The van der Waals surface area contributed by atoms with Gasteiger partial charge >= 0.3 is 6.18 Å². The van der Waals surface area contributed by atoms with E-state index in [0.717, 1.165) is 27.9 Å². The lowest BCUT2D eigenvalue weighted by atomic mass is 9.93. The summed E-state index contributed by atoms with van der Waals surface area (Å²) in [6, 6.07) is 8.59. The molecule has 0 saturated heterocycles. The number of nitrogens with two attached hydrogens (primary N) is 1. The number of halogens is 4. The molecule has 4 rings (SSSR count). The lowest BCUT2D eigenvalue weighted by Crippen LogP contribution is -2.49. The first-order valence-corrected chi connectivity index (χ1v) is 9.49. The number of benzene rings is 1. The predicted molar refractivity (Wildman–Crippen MR) is 107 cm³/mol. The maximum atomic E-state index is 12.8. The Bertz CT molecular complexity index is 1210. The van der Waals surface area contributed by atoms with E-state index in [2.05, 4.69) is 10.1 Å². The maximum Gasteiger partial charge on any atom is 0.417 e. The number of alkyl halides is 3. The molecule has 0 aliphatic carbocycles. The zero-order valence-corrected chi connectivity index (χ0v) is 16.6. The number of rotatable bonds is 3. The molecule has 2 N–H and O–H groups in total. The van der Waals surface area contributed by atoms with Crippen LogP contribution in [0.15, 0.2) is 53.6 Å². The highest BCUT2D eigenvalue weighted by atomic mass is 35.5. The second-order valence-corrected chi connectivity index (χ2v) is 7.36. The second kappa shape index (κ2) is 7.69. The molecule has 0 fully saturated rings. The van der Waals surface area contributed by atoms with E-state index in [-0.39, 0.29) is 23.1 Å². The van der Waals surface area contributed by atoms with Gasteiger partial charge in [-0.1, -0.05) is 35.9 Å². The van der Waals surface area contributed by atoms with E-state index in [1.54, 1.807) is 4.90 Å². The molecular formula is C20H15ClF3N5O2. The van der Waals surface area contributed by atoms with Crippen molar-refractivity contribution < 1.29 is 18.0 Å². The number of nitrogens with zero attached hydrogens (tertiary/aromatic N) is 4. The molecule has 1 aliphatic heterocycles. The Morgan fingerprint density at radius 3 is 2.45 bits per heavy atom. The number of pyridine rings is 1. The summed E-state index contributed by atoms with van der Waals surface area (Å²) < 4.78 is 39.0. The molecule has 1 aliphatic rings. The molecule has 31 heavy (non-hydrogen) atoms. The summed E-state index contributed by atoms with van der Waals surface area (Å²) in [4.78, 5) is 30.1. The molecule has 0 unspecified atom stereocenters. The van der Waals surface area contributed by atoms with Gasteiger partial charge in [-0.15, -0.1) is 0 Å². The van der Waals surface area contributed by atoms with Crippen molar-refractivity contribution in [3.05, 3.63) is 80.9 Å². The summed E-state index contributed by atoms with van der Waals surface area (Å²) >= 11 is 6.31. The Labute approximate surface area is 178 Å². The second-order valence-electron chi connectivity index (χ2n) is 6.98. The van der Waals surface area contributed by atoms with E-state index in [1.807, 2.05) is 24.3 Å². The van der Waals surface area contributed by atoms with Crippen LogP contribution >= 0.6 is 11.6 Å². The molecule has 1 amide bonds. The van der Waals surface area contributed by atoms with Gasteiger partial charge in [0.05, 0.1) is 17.4 Å². The minimum absolute atomic E-state index is 0.123. The van der Waals surface area contributed by atoms with Crippen LogP contribution in [0.1, 0.15) is 16.7 Å². The van der Waals surface area contributed by atoms with Crippen molar-refractivity contribution in [2.24, 2.45) is 5.73 Å². The summed E-state index contributed by atoms with van der Waals surface area (Å²) in [6.07, 6.45) is -2.34. The fourth-order valence-electron chi connectivity index (χ4n) is 3.50. The zero-order chi connectivity index (χ0) is 22.3. The Morgan fingerprint density at radius 2 is 1.84 bits per heavy atom. The first-order chi connectivity index (χ1) is 14.7. The Hall–Kier alpha value is -3.40. The summed E-state index contributed by atoms with van der Waals surface area (Å²) in [5.74, 6) is -0.707. The van der Waals surface area contributed by atoms with E-state index >= 15 is 0 Å². The van der Waals surface area contributed by atoms with Gasteiger partial charge in [-0.05, 0) is 23.3 Å². The van der Waals surface area contributed by atoms with Gasteiger partial charge in [-0.2, -0.15) is 23.0 Å². The van der Waals surface area contributed by atoms with Crippen molar-refractivity contribution in [1.82, 2.24) is 14.8 Å². The maximum absolute atomic E-state index is 12.8. The predicted octanol–water partition coefficient (Wildman–Crippen LogP) is 2.72. The Balaban J connectivity index is 1.73. The van der Waals surface area contributed by atoms with Crippen LogP contribution in [-0.2, 0) is 23.9 Å². The normalized spacial score (nSPS) is 16.1. The molecular weight excluding hydrogens is 435 g/mol. The van der Waals surface area contributed by atoms with Gasteiger partial charge < -0.3 is 10.6 Å². The van der Waals surface area contributed by atoms with Crippen LogP contribution in [0.5, 0.6) is 0 Å². The summed E-state index contributed by atoms with van der Waals surface area (Å²) in [6.45, 7) is 0.285. The smallest absolute Gasteiger partial charge is 0.368 e. The van der Waals surface area contributed by atoms with Crippen LogP contribution in [0.4, 0.5) is 18.9 Å². The largest absolute Gasteiger partial charge is 0.417 e. The molecule has 3 heterocycles. The van der Waals surface area contributed by atoms with Crippen LogP contribution < -0.4 is 16.2 Å². The zero-order valence-electron chi connectivity index (χ0n) is 15.8. The van der Waals surface area contributed by atoms with Gasteiger partial charge in [0.15, 0.2) is 5.82 Å². The number of anilines is 1. The Kier molecular flexibility index (Phi) is 5.18. The highest BCUT2D eigenvalue weighted by molar-refractivity contribution is 6.33. The van der Waals surface area contributed by atoms with Gasteiger partial charge in [0, 0.05) is 19.2 Å². The average molecular weight is 450 g/mol. The molecule has 1 atom stereocenters. The van der Waals surface area contributed by atoms with Crippen LogP contribution in [0.2, 0.25) is 5.02 Å². The van der Waals surface area contributed by atoms with E-state index in [9.17, 15) is 22.8 Å². The topological polar surface area (TPSA) is 94.1 Å². The third-order valence-corrected chi connectivity index (χ3v) is 5.43. The third kappa shape index (κ3) is 3.86. The molecule has 3 aromatic rings. The monoisotopic (exact) mass is 449 g/mol. The summed E-state index contributed by atoms with van der Waals surface area (Å²) in [7, 11) is 0. The molecule has 7 nitrogen and oxygen atoms in total. The van der Waals surface area contributed by atoms with Gasteiger partial charge in [0.25, 0.3) is 5.56 Å². The molecule has 11 heteroatoms. The third-order valence-electron chi connectivity index (χ3n) is 5.08. The number of aromatic nitrogens is 3.